The predicted molar refractivity (Wildman–Crippen MR) is 165 cm³/mol. The molecular weight excluding hydrogens is 509 g/mol. The van der Waals surface area contributed by atoms with Crippen molar-refractivity contribution in [2.24, 2.45) is 0 Å². The number of benzene rings is 5. The lowest BCUT2D eigenvalue weighted by atomic mass is 10.1. The molecule has 0 aliphatic rings. The Morgan fingerprint density at radius 3 is 2.05 bits per heavy atom. The summed E-state index contributed by atoms with van der Waals surface area (Å²) >= 11 is 0. The zero-order valence-electron chi connectivity index (χ0n) is 21.9. The maximum Gasteiger partial charge on any atom is 0.504 e. The molecule has 0 aliphatic heterocycles. The zero-order chi connectivity index (χ0) is 27.3. The van der Waals surface area contributed by atoms with Crippen LogP contribution in [0.15, 0.2) is 126 Å². The number of rotatable bonds is 5. The van der Waals surface area contributed by atoms with E-state index in [1.165, 1.54) is 10.8 Å². The fourth-order valence-corrected chi connectivity index (χ4v) is 5.73. The minimum absolute atomic E-state index is 0.450. The second-order valence-electron chi connectivity index (χ2n) is 9.87. The summed E-state index contributed by atoms with van der Waals surface area (Å²) in [4.78, 5) is 10.1. The summed E-state index contributed by atoms with van der Waals surface area (Å²) in [6.07, 6.45) is 0. The minimum atomic E-state index is -0.450. The lowest BCUT2D eigenvalue weighted by Crippen LogP contribution is -1.99. The van der Waals surface area contributed by atoms with Gasteiger partial charge in [-0.2, -0.15) is 0 Å². The number of furan rings is 1. The van der Waals surface area contributed by atoms with Gasteiger partial charge >= 0.3 is 7.69 Å². The Morgan fingerprint density at radius 2 is 1.29 bits per heavy atom. The molecule has 1 N–H and O–H groups in total. The van der Waals surface area contributed by atoms with Crippen LogP contribution in [0.3, 0.4) is 0 Å². The van der Waals surface area contributed by atoms with Gasteiger partial charge in [-0.25, -0.2) is 9.97 Å². The van der Waals surface area contributed by atoms with E-state index in [0.29, 0.717) is 34.0 Å². The van der Waals surface area contributed by atoms with E-state index in [-0.39, 0.29) is 0 Å². The first-order valence-corrected chi connectivity index (χ1v) is 13.4. The molecule has 0 bridgehead atoms. The Hall–Kier alpha value is -5.40. The third-order valence-corrected chi connectivity index (χ3v) is 7.51. The van der Waals surface area contributed by atoms with Crippen molar-refractivity contribution < 1.29 is 14.1 Å². The average Bonchev–Trinajstić information content (AvgIpc) is 3.58. The number of hydrogen-bond donors (Lipinski definition) is 1. The molecule has 5 aromatic carbocycles. The van der Waals surface area contributed by atoms with Crippen molar-refractivity contribution in [3.63, 3.8) is 0 Å². The SMILES string of the molecule is OBOc1cccc2c1oc1c(-c3ccccc3)nc(-c3cccc(-n4c5ccccc5c5ccccc54)c3)nc12. The molecule has 0 unspecified atom stereocenters. The van der Waals surface area contributed by atoms with Crippen LogP contribution in [0.25, 0.3) is 72.2 Å². The molecule has 0 amide bonds. The first kappa shape index (κ1) is 23.5. The molecule has 0 atom stereocenters. The lowest BCUT2D eigenvalue weighted by molar-refractivity contribution is 0.451. The van der Waals surface area contributed by atoms with Gasteiger partial charge in [0.05, 0.1) is 16.4 Å². The van der Waals surface area contributed by atoms with Crippen molar-refractivity contribution in [3.8, 4) is 34.1 Å². The molecule has 0 aliphatic carbocycles. The van der Waals surface area contributed by atoms with Crippen molar-refractivity contribution in [2.75, 3.05) is 0 Å². The van der Waals surface area contributed by atoms with Crippen LogP contribution in [-0.2, 0) is 0 Å². The van der Waals surface area contributed by atoms with Crippen molar-refractivity contribution in [2.45, 2.75) is 0 Å². The molecule has 0 fully saturated rings. The highest BCUT2D eigenvalue weighted by atomic mass is 16.5. The Bertz CT molecular complexity index is 2180. The Kier molecular flexibility index (Phi) is 5.36. The molecule has 8 rings (SSSR count). The van der Waals surface area contributed by atoms with Gasteiger partial charge in [-0.05, 0) is 36.4 Å². The van der Waals surface area contributed by atoms with Gasteiger partial charge in [0.15, 0.2) is 17.0 Å². The maximum atomic E-state index is 9.42. The van der Waals surface area contributed by atoms with Gasteiger partial charge in [-0.1, -0.05) is 84.9 Å². The monoisotopic (exact) mass is 531 g/mol. The predicted octanol–water partition coefficient (Wildman–Crippen LogP) is 7.44. The average molecular weight is 531 g/mol. The van der Waals surface area contributed by atoms with Gasteiger partial charge in [-0.3, -0.25) is 0 Å². The first-order chi connectivity index (χ1) is 20.3. The molecule has 0 saturated carbocycles. The van der Waals surface area contributed by atoms with E-state index in [4.69, 9.17) is 19.0 Å². The van der Waals surface area contributed by atoms with E-state index in [2.05, 4.69) is 65.2 Å². The number of para-hydroxylation sites is 3. The Balaban J connectivity index is 1.39. The van der Waals surface area contributed by atoms with Crippen molar-refractivity contribution in [1.82, 2.24) is 14.5 Å². The van der Waals surface area contributed by atoms with E-state index in [9.17, 15) is 5.02 Å². The highest BCUT2D eigenvalue weighted by molar-refractivity contribution is 6.18. The van der Waals surface area contributed by atoms with Crippen molar-refractivity contribution in [3.05, 3.63) is 121 Å². The molecule has 7 heteroatoms. The quantitative estimate of drug-likeness (QED) is 0.234. The van der Waals surface area contributed by atoms with Gasteiger partial charge in [-0.15, -0.1) is 0 Å². The zero-order valence-corrected chi connectivity index (χ0v) is 21.9. The fraction of sp³-hybridized carbons (Fsp3) is 0. The normalized spacial score (nSPS) is 11.5. The Labute approximate surface area is 235 Å². The van der Waals surface area contributed by atoms with Crippen LogP contribution < -0.4 is 4.65 Å². The molecule has 3 heterocycles. The van der Waals surface area contributed by atoms with Gasteiger partial charge in [0.2, 0.25) is 0 Å². The molecule has 3 aromatic heterocycles. The van der Waals surface area contributed by atoms with Crippen LogP contribution in [0.4, 0.5) is 0 Å². The third kappa shape index (κ3) is 3.71. The summed E-state index contributed by atoms with van der Waals surface area (Å²) in [5.74, 6) is 1.05. The summed E-state index contributed by atoms with van der Waals surface area (Å²) < 4.78 is 14.1. The fourth-order valence-electron chi connectivity index (χ4n) is 5.73. The van der Waals surface area contributed by atoms with E-state index in [1.54, 1.807) is 6.07 Å². The second kappa shape index (κ2) is 9.36. The number of aromatic nitrogens is 3. The highest BCUT2D eigenvalue weighted by Crippen LogP contribution is 2.39. The van der Waals surface area contributed by atoms with Crippen LogP contribution >= 0.6 is 0 Å². The van der Waals surface area contributed by atoms with Crippen molar-refractivity contribution in [1.29, 1.82) is 0 Å². The topological polar surface area (TPSA) is 73.3 Å². The van der Waals surface area contributed by atoms with E-state index < -0.39 is 7.69 Å². The molecule has 6 nitrogen and oxygen atoms in total. The summed E-state index contributed by atoms with van der Waals surface area (Å²) in [6, 6.07) is 40.8. The van der Waals surface area contributed by atoms with Crippen LogP contribution in [0.1, 0.15) is 0 Å². The van der Waals surface area contributed by atoms with Gasteiger partial charge in [0, 0.05) is 27.6 Å². The molecule has 194 valence electrons. The molecule has 8 aromatic rings. The van der Waals surface area contributed by atoms with E-state index in [1.807, 2.05) is 54.6 Å². The van der Waals surface area contributed by atoms with Gasteiger partial charge in [0.1, 0.15) is 17.0 Å². The van der Waals surface area contributed by atoms with Crippen molar-refractivity contribution >= 4 is 51.6 Å². The molecule has 0 spiro atoms. The summed E-state index contributed by atoms with van der Waals surface area (Å²) in [5, 5.41) is 12.6. The number of fused-ring (bicyclic) bond motifs is 6. The second-order valence-corrected chi connectivity index (χ2v) is 9.87. The van der Waals surface area contributed by atoms with Crippen LogP contribution in [0, 0.1) is 0 Å². The molecular formula is C34H22BN3O3. The first-order valence-electron chi connectivity index (χ1n) is 13.4. The molecule has 0 radical (unpaired) electrons. The summed E-state index contributed by atoms with van der Waals surface area (Å²) in [7, 11) is -0.450. The summed E-state index contributed by atoms with van der Waals surface area (Å²) in [5.41, 5.74) is 7.61. The minimum Gasteiger partial charge on any atom is -0.536 e. The maximum absolute atomic E-state index is 9.42. The van der Waals surface area contributed by atoms with Gasteiger partial charge < -0.3 is 18.7 Å². The Morgan fingerprint density at radius 1 is 0.634 bits per heavy atom. The standard InChI is InChI=1S/C34H22BN3O3/c39-35-41-29-19-9-16-26-31-33(40-32(26)29)30(21-10-2-1-3-11-21)36-34(37-31)22-12-8-13-23(20-22)38-27-17-6-4-14-24(27)25-15-5-7-18-28(25)38/h1-20,35,39H. The van der Waals surface area contributed by atoms with Crippen LogP contribution in [0.5, 0.6) is 5.75 Å². The van der Waals surface area contributed by atoms with Gasteiger partial charge in [0.25, 0.3) is 0 Å². The molecule has 0 saturated heterocycles. The van der Waals surface area contributed by atoms with E-state index in [0.717, 1.165) is 33.2 Å². The smallest absolute Gasteiger partial charge is 0.504 e. The number of hydrogen-bond acceptors (Lipinski definition) is 5. The lowest BCUT2D eigenvalue weighted by Gasteiger charge is -2.10. The van der Waals surface area contributed by atoms with Crippen LogP contribution in [-0.4, -0.2) is 27.2 Å². The van der Waals surface area contributed by atoms with Crippen LogP contribution in [0.2, 0.25) is 0 Å². The largest absolute Gasteiger partial charge is 0.536 e. The van der Waals surface area contributed by atoms with E-state index >= 15 is 0 Å². The molecule has 41 heavy (non-hydrogen) atoms. The highest BCUT2D eigenvalue weighted by Gasteiger charge is 2.20. The third-order valence-electron chi connectivity index (χ3n) is 7.51. The summed E-state index contributed by atoms with van der Waals surface area (Å²) in [6.45, 7) is 0. The number of nitrogens with zero attached hydrogens (tertiary/aromatic N) is 3.